The molecule has 1 aromatic carbocycles. The van der Waals surface area contributed by atoms with E-state index in [1.54, 1.807) is 7.11 Å². The maximum atomic E-state index is 5.35. The zero-order chi connectivity index (χ0) is 14.9. The smallest absolute Gasteiger partial charge is 0.119 e. The molecule has 1 aliphatic carbocycles. The molecular weight excluding hydrogens is 260 g/mol. The van der Waals surface area contributed by atoms with Gasteiger partial charge in [0.2, 0.25) is 0 Å². The Balaban J connectivity index is 1.89. The van der Waals surface area contributed by atoms with E-state index in [4.69, 9.17) is 4.74 Å². The standard InChI is InChI=1S/C18H28N2O/c1-4-15-12-19-18(9-5-6-10-18)13-20(15)17-8-7-16(21-3)11-14(17)2/h7-8,11,15,19H,4-6,9-10,12-13H2,1-3H3. The quantitative estimate of drug-likeness (QED) is 0.921. The zero-order valence-electron chi connectivity index (χ0n) is 13.6. The Morgan fingerprint density at radius 1 is 1.33 bits per heavy atom. The lowest BCUT2D eigenvalue weighted by molar-refractivity contribution is 0.267. The van der Waals surface area contributed by atoms with Crippen molar-refractivity contribution >= 4 is 5.69 Å². The lowest BCUT2D eigenvalue weighted by atomic mass is 9.90. The normalized spacial score (nSPS) is 24.5. The van der Waals surface area contributed by atoms with E-state index in [9.17, 15) is 0 Å². The number of rotatable bonds is 3. The van der Waals surface area contributed by atoms with Gasteiger partial charge in [-0.1, -0.05) is 19.8 Å². The fourth-order valence-electron chi connectivity index (χ4n) is 4.07. The number of ether oxygens (including phenoxy) is 1. The van der Waals surface area contributed by atoms with Crippen molar-refractivity contribution in [2.45, 2.75) is 57.5 Å². The molecule has 1 N–H and O–H groups in total. The summed E-state index contributed by atoms with van der Waals surface area (Å²) >= 11 is 0. The van der Waals surface area contributed by atoms with E-state index >= 15 is 0 Å². The minimum absolute atomic E-state index is 0.359. The number of benzene rings is 1. The second-order valence-electron chi connectivity index (χ2n) is 6.71. The molecular formula is C18H28N2O. The molecule has 1 saturated carbocycles. The van der Waals surface area contributed by atoms with Gasteiger partial charge in [0, 0.05) is 30.4 Å². The van der Waals surface area contributed by atoms with Crippen molar-refractivity contribution in [3.8, 4) is 5.75 Å². The molecule has 3 nitrogen and oxygen atoms in total. The Labute approximate surface area is 128 Å². The van der Waals surface area contributed by atoms with Crippen molar-refractivity contribution in [2.24, 2.45) is 0 Å². The van der Waals surface area contributed by atoms with Gasteiger partial charge in [-0.3, -0.25) is 0 Å². The molecule has 1 aliphatic heterocycles. The Bertz CT molecular complexity index is 494. The minimum Gasteiger partial charge on any atom is -0.497 e. The molecule has 1 saturated heterocycles. The minimum atomic E-state index is 0.359. The molecule has 1 heterocycles. The number of nitrogens with one attached hydrogen (secondary N) is 1. The van der Waals surface area contributed by atoms with E-state index in [0.717, 1.165) is 18.8 Å². The molecule has 2 aliphatic rings. The van der Waals surface area contributed by atoms with Crippen LogP contribution in [0.25, 0.3) is 0 Å². The predicted octanol–water partition coefficient (Wildman–Crippen LogP) is 3.50. The zero-order valence-corrected chi connectivity index (χ0v) is 13.6. The van der Waals surface area contributed by atoms with Gasteiger partial charge < -0.3 is 15.0 Å². The molecule has 0 bridgehead atoms. The van der Waals surface area contributed by atoms with Crippen LogP contribution in [0.1, 0.15) is 44.6 Å². The summed E-state index contributed by atoms with van der Waals surface area (Å²) in [6.45, 7) is 6.76. The van der Waals surface area contributed by atoms with Crippen LogP contribution < -0.4 is 15.0 Å². The summed E-state index contributed by atoms with van der Waals surface area (Å²) in [4.78, 5) is 2.65. The van der Waals surface area contributed by atoms with E-state index in [1.807, 2.05) is 0 Å². The molecule has 116 valence electrons. The molecule has 0 aromatic heterocycles. The SMILES string of the molecule is CCC1CNC2(CCCC2)CN1c1ccc(OC)cc1C. The van der Waals surface area contributed by atoms with E-state index in [1.165, 1.54) is 43.4 Å². The van der Waals surface area contributed by atoms with Gasteiger partial charge in [0.25, 0.3) is 0 Å². The van der Waals surface area contributed by atoms with Crippen LogP contribution in [0.2, 0.25) is 0 Å². The third-order valence-electron chi connectivity index (χ3n) is 5.37. The van der Waals surface area contributed by atoms with Gasteiger partial charge in [-0.25, -0.2) is 0 Å². The number of hydrogen-bond acceptors (Lipinski definition) is 3. The van der Waals surface area contributed by atoms with E-state index in [0.29, 0.717) is 11.6 Å². The number of methoxy groups -OCH3 is 1. The Kier molecular flexibility index (Phi) is 4.12. The van der Waals surface area contributed by atoms with Crippen LogP contribution in [0.15, 0.2) is 18.2 Å². The highest BCUT2D eigenvalue weighted by Crippen LogP contribution is 2.37. The molecule has 1 atom stereocenters. The largest absolute Gasteiger partial charge is 0.497 e. The highest BCUT2D eigenvalue weighted by molar-refractivity contribution is 5.57. The molecule has 1 unspecified atom stereocenters. The lowest BCUT2D eigenvalue weighted by Crippen LogP contribution is -2.63. The third kappa shape index (κ3) is 2.76. The molecule has 1 spiro atoms. The van der Waals surface area contributed by atoms with Crippen LogP contribution in [0.4, 0.5) is 5.69 Å². The summed E-state index contributed by atoms with van der Waals surface area (Å²) in [5.74, 6) is 0.954. The number of anilines is 1. The highest BCUT2D eigenvalue weighted by atomic mass is 16.5. The van der Waals surface area contributed by atoms with Crippen LogP contribution in [0.5, 0.6) is 5.75 Å². The Morgan fingerprint density at radius 3 is 2.71 bits per heavy atom. The summed E-state index contributed by atoms with van der Waals surface area (Å²) in [6, 6.07) is 7.09. The molecule has 3 heteroatoms. The average Bonchev–Trinajstić information content (AvgIpc) is 2.95. The van der Waals surface area contributed by atoms with Crippen molar-refractivity contribution in [1.82, 2.24) is 5.32 Å². The van der Waals surface area contributed by atoms with Gasteiger partial charge in [-0.05, 0) is 49.9 Å². The maximum Gasteiger partial charge on any atom is 0.119 e. The first-order chi connectivity index (χ1) is 10.2. The van der Waals surface area contributed by atoms with Gasteiger partial charge in [-0.15, -0.1) is 0 Å². The number of piperazine rings is 1. The summed E-state index contributed by atoms with van der Waals surface area (Å²) in [5.41, 5.74) is 3.07. The maximum absolute atomic E-state index is 5.35. The van der Waals surface area contributed by atoms with Gasteiger partial charge in [0.1, 0.15) is 5.75 Å². The molecule has 1 aromatic rings. The van der Waals surface area contributed by atoms with Crippen molar-refractivity contribution in [3.63, 3.8) is 0 Å². The van der Waals surface area contributed by atoms with Crippen LogP contribution in [0, 0.1) is 6.92 Å². The van der Waals surface area contributed by atoms with Crippen molar-refractivity contribution in [1.29, 1.82) is 0 Å². The number of nitrogens with zero attached hydrogens (tertiary/aromatic N) is 1. The molecule has 2 fully saturated rings. The van der Waals surface area contributed by atoms with Crippen LogP contribution in [-0.4, -0.2) is 31.8 Å². The first kappa shape index (κ1) is 14.7. The average molecular weight is 288 g/mol. The highest BCUT2D eigenvalue weighted by Gasteiger charge is 2.40. The van der Waals surface area contributed by atoms with Crippen LogP contribution in [-0.2, 0) is 0 Å². The lowest BCUT2D eigenvalue weighted by Gasteiger charge is -2.48. The van der Waals surface area contributed by atoms with E-state index in [2.05, 4.69) is 42.3 Å². The van der Waals surface area contributed by atoms with Gasteiger partial charge in [0.05, 0.1) is 7.11 Å². The topological polar surface area (TPSA) is 24.5 Å². The molecule has 0 amide bonds. The molecule has 21 heavy (non-hydrogen) atoms. The fourth-order valence-corrected chi connectivity index (χ4v) is 4.07. The van der Waals surface area contributed by atoms with Crippen LogP contribution in [0.3, 0.4) is 0 Å². The number of hydrogen-bond donors (Lipinski definition) is 1. The van der Waals surface area contributed by atoms with Crippen molar-refractivity contribution in [2.75, 3.05) is 25.1 Å². The molecule has 0 radical (unpaired) electrons. The van der Waals surface area contributed by atoms with E-state index in [-0.39, 0.29) is 0 Å². The third-order valence-corrected chi connectivity index (χ3v) is 5.37. The van der Waals surface area contributed by atoms with Crippen LogP contribution >= 0.6 is 0 Å². The first-order valence-corrected chi connectivity index (χ1v) is 8.34. The molecule has 3 rings (SSSR count). The number of aryl methyl sites for hydroxylation is 1. The second-order valence-corrected chi connectivity index (χ2v) is 6.71. The van der Waals surface area contributed by atoms with E-state index < -0.39 is 0 Å². The van der Waals surface area contributed by atoms with Gasteiger partial charge in [-0.2, -0.15) is 0 Å². The second kappa shape index (κ2) is 5.88. The summed E-state index contributed by atoms with van der Waals surface area (Å²) in [6.07, 6.45) is 6.59. The summed E-state index contributed by atoms with van der Waals surface area (Å²) in [5, 5.41) is 3.87. The van der Waals surface area contributed by atoms with Crippen molar-refractivity contribution < 1.29 is 4.74 Å². The Hall–Kier alpha value is -1.22. The first-order valence-electron chi connectivity index (χ1n) is 8.34. The fraction of sp³-hybridized carbons (Fsp3) is 0.667. The monoisotopic (exact) mass is 288 g/mol. The predicted molar refractivity (Wildman–Crippen MR) is 88.4 cm³/mol. The van der Waals surface area contributed by atoms with Gasteiger partial charge in [0.15, 0.2) is 0 Å². The summed E-state index contributed by atoms with van der Waals surface area (Å²) in [7, 11) is 1.74. The van der Waals surface area contributed by atoms with Gasteiger partial charge >= 0.3 is 0 Å². The van der Waals surface area contributed by atoms with Crippen molar-refractivity contribution in [3.05, 3.63) is 23.8 Å². The summed E-state index contributed by atoms with van der Waals surface area (Å²) < 4.78 is 5.35. The Morgan fingerprint density at radius 2 is 2.10 bits per heavy atom.